The van der Waals surface area contributed by atoms with Gasteiger partial charge < -0.3 is 5.11 Å². The van der Waals surface area contributed by atoms with Crippen molar-refractivity contribution in [3.05, 3.63) is 28.0 Å². The SMILES string of the molecule is CC(C)C(C)N(C)Cc1ccc(C=CC(=O)O)s1. The molecule has 0 aliphatic carbocycles. The van der Waals surface area contributed by atoms with Gasteiger partial charge in [0.1, 0.15) is 0 Å². The summed E-state index contributed by atoms with van der Waals surface area (Å²) in [6, 6.07) is 4.56. The Morgan fingerprint density at radius 2 is 2.11 bits per heavy atom. The third-order valence-corrected chi connectivity index (χ3v) is 4.17. The molecule has 1 rings (SSSR count). The third-order valence-electron chi connectivity index (χ3n) is 3.14. The lowest BCUT2D eigenvalue weighted by atomic mass is 10.1. The molecule has 0 amide bonds. The zero-order valence-corrected chi connectivity index (χ0v) is 12.2. The Morgan fingerprint density at radius 3 is 2.67 bits per heavy atom. The van der Waals surface area contributed by atoms with E-state index in [1.807, 2.05) is 6.07 Å². The Hall–Kier alpha value is -1.13. The average molecular weight is 267 g/mol. The van der Waals surface area contributed by atoms with E-state index in [-0.39, 0.29) is 0 Å². The lowest BCUT2D eigenvalue weighted by Gasteiger charge is -2.27. The van der Waals surface area contributed by atoms with Crippen molar-refractivity contribution < 1.29 is 9.90 Å². The van der Waals surface area contributed by atoms with Crippen LogP contribution in [0.25, 0.3) is 6.08 Å². The first-order valence-corrected chi connectivity index (χ1v) is 6.91. The van der Waals surface area contributed by atoms with Gasteiger partial charge in [-0.3, -0.25) is 4.90 Å². The summed E-state index contributed by atoms with van der Waals surface area (Å²) in [7, 11) is 2.12. The molecule has 0 spiro atoms. The highest BCUT2D eigenvalue weighted by atomic mass is 32.1. The van der Waals surface area contributed by atoms with Gasteiger partial charge in [0.05, 0.1) is 0 Å². The maximum absolute atomic E-state index is 10.4. The van der Waals surface area contributed by atoms with Crippen molar-refractivity contribution >= 4 is 23.4 Å². The molecule has 0 fully saturated rings. The molecule has 1 unspecified atom stereocenters. The second kappa shape index (κ2) is 6.71. The molecule has 0 saturated heterocycles. The van der Waals surface area contributed by atoms with E-state index in [1.54, 1.807) is 17.4 Å². The van der Waals surface area contributed by atoms with Crippen molar-refractivity contribution in [3.8, 4) is 0 Å². The molecule has 100 valence electrons. The molecule has 3 nitrogen and oxygen atoms in total. The van der Waals surface area contributed by atoms with Crippen LogP contribution in [0.15, 0.2) is 18.2 Å². The van der Waals surface area contributed by atoms with Gasteiger partial charge in [0.25, 0.3) is 0 Å². The maximum Gasteiger partial charge on any atom is 0.328 e. The summed E-state index contributed by atoms with van der Waals surface area (Å²) in [6.07, 6.45) is 2.82. The number of thiophene rings is 1. The molecule has 1 atom stereocenters. The van der Waals surface area contributed by atoms with Crippen molar-refractivity contribution in [2.75, 3.05) is 7.05 Å². The van der Waals surface area contributed by atoms with Crippen LogP contribution in [0.1, 0.15) is 30.5 Å². The van der Waals surface area contributed by atoms with Crippen LogP contribution >= 0.6 is 11.3 Å². The molecule has 0 aromatic carbocycles. The van der Waals surface area contributed by atoms with Gasteiger partial charge in [-0.05, 0) is 38.1 Å². The van der Waals surface area contributed by atoms with Gasteiger partial charge in [0.2, 0.25) is 0 Å². The van der Waals surface area contributed by atoms with Crippen LogP contribution in [0.5, 0.6) is 0 Å². The first-order valence-electron chi connectivity index (χ1n) is 6.10. The predicted octanol–water partition coefficient (Wildman–Crippen LogP) is 3.32. The summed E-state index contributed by atoms with van der Waals surface area (Å²) in [4.78, 5) is 15.0. The number of carboxylic acid groups (broad SMARTS) is 1. The van der Waals surface area contributed by atoms with E-state index in [0.29, 0.717) is 12.0 Å². The standard InChI is InChI=1S/C14H21NO2S/c1-10(2)11(3)15(4)9-13-6-5-12(18-13)7-8-14(16)17/h5-8,10-11H,9H2,1-4H3,(H,16,17). The van der Waals surface area contributed by atoms with Crippen molar-refractivity contribution in [3.63, 3.8) is 0 Å². The summed E-state index contributed by atoms with van der Waals surface area (Å²) in [5.41, 5.74) is 0. The lowest BCUT2D eigenvalue weighted by Crippen LogP contribution is -2.32. The lowest BCUT2D eigenvalue weighted by molar-refractivity contribution is -0.131. The second-order valence-corrected chi connectivity index (χ2v) is 6.08. The van der Waals surface area contributed by atoms with Gasteiger partial charge >= 0.3 is 5.97 Å². The van der Waals surface area contributed by atoms with Crippen LogP contribution in [0.4, 0.5) is 0 Å². The van der Waals surface area contributed by atoms with Gasteiger partial charge in [-0.2, -0.15) is 0 Å². The molecule has 0 saturated carbocycles. The highest BCUT2D eigenvalue weighted by Gasteiger charge is 2.13. The monoisotopic (exact) mass is 267 g/mol. The van der Waals surface area contributed by atoms with Gasteiger partial charge in [0, 0.05) is 28.4 Å². The summed E-state index contributed by atoms with van der Waals surface area (Å²) >= 11 is 1.64. The fraction of sp³-hybridized carbons (Fsp3) is 0.500. The van der Waals surface area contributed by atoms with E-state index in [2.05, 4.69) is 38.8 Å². The number of hydrogen-bond acceptors (Lipinski definition) is 3. The van der Waals surface area contributed by atoms with Crippen molar-refractivity contribution in [1.29, 1.82) is 0 Å². The molecule has 1 aromatic rings. The van der Waals surface area contributed by atoms with Crippen molar-refractivity contribution in [2.45, 2.75) is 33.4 Å². The van der Waals surface area contributed by atoms with E-state index in [1.165, 1.54) is 11.0 Å². The first kappa shape index (κ1) is 14.9. The normalized spacial score (nSPS) is 13.7. The fourth-order valence-electron chi connectivity index (χ4n) is 1.62. The topological polar surface area (TPSA) is 40.5 Å². The molecule has 1 heterocycles. The zero-order chi connectivity index (χ0) is 13.7. The maximum atomic E-state index is 10.4. The Bertz CT molecular complexity index is 423. The van der Waals surface area contributed by atoms with Gasteiger partial charge in [-0.1, -0.05) is 13.8 Å². The summed E-state index contributed by atoms with van der Waals surface area (Å²) < 4.78 is 0. The predicted molar refractivity (Wildman–Crippen MR) is 76.8 cm³/mol. The van der Waals surface area contributed by atoms with Crippen molar-refractivity contribution in [2.24, 2.45) is 5.92 Å². The number of carboxylic acids is 1. The Labute approximate surface area is 113 Å². The molecule has 1 N–H and O–H groups in total. The Morgan fingerprint density at radius 1 is 1.44 bits per heavy atom. The average Bonchev–Trinajstić information content (AvgIpc) is 2.72. The molecule has 0 aliphatic heterocycles. The quantitative estimate of drug-likeness (QED) is 0.804. The Kier molecular flexibility index (Phi) is 5.56. The largest absolute Gasteiger partial charge is 0.478 e. The van der Waals surface area contributed by atoms with Crippen LogP contribution < -0.4 is 0 Å². The van der Waals surface area contributed by atoms with Crippen LogP contribution in [0.2, 0.25) is 0 Å². The molecule has 18 heavy (non-hydrogen) atoms. The fourth-order valence-corrected chi connectivity index (χ4v) is 2.60. The molecule has 4 heteroatoms. The van der Waals surface area contributed by atoms with Gasteiger partial charge in [-0.25, -0.2) is 4.79 Å². The van der Waals surface area contributed by atoms with Crippen LogP contribution in [-0.4, -0.2) is 29.1 Å². The number of aliphatic carboxylic acids is 1. The van der Waals surface area contributed by atoms with Crippen LogP contribution in [0.3, 0.4) is 0 Å². The van der Waals surface area contributed by atoms with E-state index >= 15 is 0 Å². The van der Waals surface area contributed by atoms with Gasteiger partial charge in [-0.15, -0.1) is 11.3 Å². The van der Waals surface area contributed by atoms with E-state index in [4.69, 9.17) is 5.11 Å². The summed E-state index contributed by atoms with van der Waals surface area (Å²) in [6.45, 7) is 7.57. The highest BCUT2D eigenvalue weighted by Crippen LogP contribution is 2.21. The second-order valence-electron chi connectivity index (χ2n) is 4.88. The number of rotatable bonds is 6. The highest BCUT2D eigenvalue weighted by molar-refractivity contribution is 7.12. The third kappa shape index (κ3) is 4.63. The van der Waals surface area contributed by atoms with Crippen molar-refractivity contribution in [1.82, 2.24) is 4.90 Å². The molecular formula is C14H21NO2S. The minimum Gasteiger partial charge on any atom is -0.478 e. The van der Waals surface area contributed by atoms with Crippen LogP contribution in [0, 0.1) is 5.92 Å². The number of nitrogens with zero attached hydrogens (tertiary/aromatic N) is 1. The number of hydrogen-bond donors (Lipinski definition) is 1. The molecule has 1 aromatic heterocycles. The summed E-state index contributed by atoms with van der Waals surface area (Å²) in [5.74, 6) is -0.281. The van der Waals surface area contributed by atoms with Crippen LogP contribution in [-0.2, 0) is 11.3 Å². The minimum atomic E-state index is -0.907. The van der Waals surface area contributed by atoms with E-state index in [9.17, 15) is 4.79 Å². The smallest absolute Gasteiger partial charge is 0.328 e. The Balaban J connectivity index is 2.61. The van der Waals surface area contributed by atoms with Gasteiger partial charge in [0.15, 0.2) is 0 Å². The first-order chi connectivity index (χ1) is 8.40. The molecule has 0 bridgehead atoms. The summed E-state index contributed by atoms with van der Waals surface area (Å²) in [5, 5.41) is 8.57. The molecule has 0 radical (unpaired) electrons. The zero-order valence-electron chi connectivity index (χ0n) is 11.4. The number of carbonyl (C=O) groups is 1. The van der Waals surface area contributed by atoms with E-state index < -0.39 is 5.97 Å². The van der Waals surface area contributed by atoms with E-state index in [0.717, 1.165) is 11.4 Å². The minimum absolute atomic E-state index is 0.533. The molecule has 0 aliphatic rings. The molecular weight excluding hydrogens is 246 g/mol.